The van der Waals surface area contributed by atoms with Crippen molar-refractivity contribution in [3.05, 3.63) is 94.6 Å². The van der Waals surface area contributed by atoms with E-state index in [0.29, 0.717) is 69.1 Å². The molecule has 2 aliphatic rings. The number of aromatic nitrogens is 2. The SMILES string of the molecule is COc1cc2c(c(NC(C)=O)c1OC)CC(C(=S)Nc1cccc(F)c1)C2=O.COc1cc2c(c(NC(C)=O)c1OC)Cc1c(Nc3cccc(F)c3)n[nH]c1-2. The lowest BCUT2D eigenvalue weighted by molar-refractivity contribution is -0.115. The second kappa shape index (κ2) is 16.4. The van der Waals surface area contributed by atoms with E-state index in [1.807, 2.05) is 6.07 Å². The number of hydrogen-bond donors (Lipinski definition) is 5. The number of Topliss-reactive ketones (excluding diaryl/α,β-unsaturated/α-hetero) is 1. The number of carbonyl (C=O) groups excluding carboxylic acids is 3. The van der Waals surface area contributed by atoms with Gasteiger partial charge in [0.2, 0.25) is 11.8 Å². The summed E-state index contributed by atoms with van der Waals surface area (Å²) in [4.78, 5) is 36.7. The molecule has 2 amide bonds. The van der Waals surface area contributed by atoms with Crippen molar-refractivity contribution in [3.8, 4) is 34.3 Å². The molecular weight excluding hydrogens is 747 g/mol. The Hall–Kier alpha value is -6.55. The number of methoxy groups -OCH3 is 4. The van der Waals surface area contributed by atoms with Crippen LogP contribution in [0.25, 0.3) is 11.3 Å². The van der Waals surface area contributed by atoms with Crippen molar-refractivity contribution < 1.29 is 42.1 Å². The zero-order chi connectivity index (χ0) is 40.3. The predicted octanol–water partition coefficient (Wildman–Crippen LogP) is 7.44. The van der Waals surface area contributed by atoms with E-state index in [9.17, 15) is 23.2 Å². The van der Waals surface area contributed by atoms with E-state index >= 15 is 0 Å². The van der Waals surface area contributed by atoms with Crippen LogP contribution in [0, 0.1) is 17.6 Å². The quantitative estimate of drug-likeness (QED) is 0.0878. The molecule has 0 aliphatic heterocycles. The minimum absolute atomic E-state index is 0.198. The number of ether oxygens (including phenoxy) is 4. The minimum Gasteiger partial charge on any atom is -0.493 e. The number of aromatic amines is 1. The number of nitrogens with one attached hydrogen (secondary N) is 5. The summed E-state index contributed by atoms with van der Waals surface area (Å²) in [6, 6.07) is 15.5. The summed E-state index contributed by atoms with van der Waals surface area (Å²) in [6.45, 7) is 2.81. The molecule has 0 fully saturated rings. The van der Waals surface area contributed by atoms with Gasteiger partial charge in [-0.05, 0) is 66.1 Å². The highest BCUT2D eigenvalue weighted by atomic mass is 32.1. The number of nitrogens with zero attached hydrogens (tertiary/aromatic N) is 1. The van der Waals surface area contributed by atoms with E-state index in [1.165, 1.54) is 59.4 Å². The van der Waals surface area contributed by atoms with Crippen LogP contribution in [-0.2, 0) is 22.4 Å². The van der Waals surface area contributed by atoms with Crippen molar-refractivity contribution in [2.45, 2.75) is 26.7 Å². The topological polar surface area (TPSA) is 165 Å². The fraction of sp³-hybridized carbons (Fsp3) is 0.225. The molecular formula is C40H38F2N6O7S. The molecule has 0 bridgehead atoms. The van der Waals surface area contributed by atoms with Crippen molar-refractivity contribution >= 4 is 63.4 Å². The molecule has 5 aromatic rings. The van der Waals surface area contributed by atoms with E-state index < -0.39 is 11.7 Å². The molecule has 1 unspecified atom stereocenters. The maximum Gasteiger partial charge on any atom is 0.221 e. The van der Waals surface area contributed by atoms with E-state index in [1.54, 1.807) is 37.4 Å². The van der Waals surface area contributed by atoms with Crippen LogP contribution in [0.5, 0.6) is 23.0 Å². The van der Waals surface area contributed by atoms with Crippen LogP contribution in [0.15, 0.2) is 60.7 Å². The molecule has 13 nitrogen and oxygen atoms in total. The molecule has 0 radical (unpaired) electrons. The molecule has 5 N–H and O–H groups in total. The summed E-state index contributed by atoms with van der Waals surface area (Å²) in [5, 5.41) is 19.0. The van der Waals surface area contributed by atoms with Gasteiger partial charge in [0, 0.05) is 48.3 Å². The predicted molar refractivity (Wildman–Crippen MR) is 212 cm³/mol. The van der Waals surface area contributed by atoms with E-state index in [2.05, 4.69) is 31.5 Å². The van der Waals surface area contributed by atoms with E-state index in [0.717, 1.165) is 22.4 Å². The molecule has 0 spiro atoms. The number of halogens is 2. The van der Waals surface area contributed by atoms with Crippen LogP contribution >= 0.6 is 12.2 Å². The lowest BCUT2D eigenvalue weighted by Gasteiger charge is -2.17. The van der Waals surface area contributed by atoms with Crippen LogP contribution in [-0.4, -0.2) is 61.2 Å². The first-order chi connectivity index (χ1) is 26.9. The Labute approximate surface area is 326 Å². The number of amides is 2. The first-order valence-corrected chi connectivity index (χ1v) is 17.6. The van der Waals surface area contributed by atoms with Gasteiger partial charge in [0.15, 0.2) is 34.6 Å². The van der Waals surface area contributed by atoms with Crippen LogP contribution in [0.1, 0.15) is 40.9 Å². The summed E-state index contributed by atoms with van der Waals surface area (Å²) in [5.74, 6) is 0.167. The number of carbonyl (C=O) groups is 3. The van der Waals surface area contributed by atoms with Crippen LogP contribution in [0.4, 0.5) is 37.3 Å². The monoisotopic (exact) mass is 784 g/mol. The van der Waals surface area contributed by atoms with Gasteiger partial charge in [-0.1, -0.05) is 24.4 Å². The Bertz CT molecular complexity index is 2380. The smallest absolute Gasteiger partial charge is 0.221 e. The standard InChI is InChI=1S/C20H19FN4O3.C20H19FN2O4S/c1-10(26)22-18-13-8-15-17(14(13)9-16(27-2)19(18)28-3)24-25-20(15)23-12-6-4-5-11(21)7-12;1-10(24)22-17-13-8-15(20(28)23-12-6-4-5-11(21)7-12)18(25)14(13)9-16(26-2)19(17)27-3/h4-7,9H,8H2,1-3H3,(H,22,26)(H2,23,24,25);4-7,9,15H,8H2,1-3H3,(H,22,24)(H,23,28). The Kier molecular flexibility index (Phi) is 11.5. The lowest BCUT2D eigenvalue weighted by Crippen LogP contribution is -2.25. The molecule has 1 aromatic heterocycles. The third-order valence-electron chi connectivity index (χ3n) is 9.13. The second-order valence-corrected chi connectivity index (χ2v) is 13.2. The van der Waals surface area contributed by atoms with Crippen molar-refractivity contribution in [1.29, 1.82) is 0 Å². The molecule has 290 valence electrons. The number of fused-ring (bicyclic) bond motifs is 4. The van der Waals surface area contributed by atoms with Crippen molar-refractivity contribution in [2.75, 3.05) is 49.7 Å². The van der Waals surface area contributed by atoms with Gasteiger partial charge in [-0.3, -0.25) is 19.5 Å². The van der Waals surface area contributed by atoms with Crippen LogP contribution < -0.4 is 40.2 Å². The van der Waals surface area contributed by atoms with Crippen molar-refractivity contribution in [3.63, 3.8) is 0 Å². The summed E-state index contributed by atoms with van der Waals surface area (Å²) >= 11 is 5.41. The number of ketones is 1. The van der Waals surface area contributed by atoms with Gasteiger partial charge in [-0.2, -0.15) is 5.10 Å². The third-order valence-corrected chi connectivity index (χ3v) is 9.52. The Morgan fingerprint density at radius 3 is 1.86 bits per heavy atom. The highest BCUT2D eigenvalue weighted by Gasteiger charge is 2.38. The Morgan fingerprint density at radius 1 is 0.750 bits per heavy atom. The molecule has 1 heterocycles. The fourth-order valence-corrected chi connectivity index (χ4v) is 7.06. The van der Waals surface area contributed by atoms with Crippen LogP contribution in [0.3, 0.4) is 0 Å². The average molecular weight is 785 g/mol. The van der Waals surface area contributed by atoms with Crippen LogP contribution in [0.2, 0.25) is 0 Å². The maximum atomic E-state index is 13.5. The molecule has 7 rings (SSSR count). The third kappa shape index (κ3) is 7.82. The van der Waals surface area contributed by atoms with Gasteiger partial charge in [0.05, 0.1) is 56.4 Å². The maximum absolute atomic E-state index is 13.5. The number of benzene rings is 4. The normalized spacial score (nSPS) is 13.3. The zero-order valence-electron chi connectivity index (χ0n) is 31.2. The lowest BCUT2D eigenvalue weighted by atomic mass is 10.0. The number of hydrogen-bond acceptors (Lipinski definition) is 10. The van der Waals surface area contributed by atoms with Gasteiger partial charge < -0.3 is 40.2 Å². The van der Waals surface area contributed by atoms with Gasteiger partial charge >= 0.3 is 0 Å². The number of thiocarbonyl (C=S) groups is 1. The minimum atomic E-state index is -0.641. The van der Waals surface area contributed by atoms with Gasteiger partial charge in [0.25, 0.3) is 0 Å². The summed E-state index contributed by atoms with van der Waals surface area (Å²) < 4.78 is 48.5. The highest BCUT2D eigenvalue weighted by molar-refractivity contribution is 7.80. The number of H-pyrrole nitrogens is 1. The molecule has 4 aromatic carbocycles. The summed E-state index contributed by atoms with van der Waals surface area (Å²) in [5.41, 5.74) is 6.59. The fourth-order valence-electron chi connectivity index (χ4n) is 6.76. The number of rotatable bonds is 10. The van der Waals surface area contributed by atoms with E-state index in [-0.39, 0.29) is 34.8 Å². The molecule has 56 heavy (non-hydrogen) atoms. The van der Waals surface area contributed by atoms with Gasteiger partial charge in [-0.25, -0.2) is 8.78 Å². The van der Waals surface area contributed by atoms with E-state index in [4.69, 9.17) is 31.2 Å². The summed E-state index contributed by atoms with van der Waals surface area (Å²) in [7, 11) is 5.98. The highest BCUT2D eigenvalue weighted by Crippen LogP contribution is 2.50. The number of anilines is 5. The molecule has 0 saturated heterocycles. The molecule has 1 atom stereocenters. The Morgan fingerprint density at radius 2 is 1.30 bits per heavy atom. The molecule has 16 heteroatoms. The van der Waals surface area contributed by atoms with Gasteiger partial charge in [-0.15, -0.1) is 0 Å². The van der Waals surface area contributed by atoms with Crippen molar-refractivity contribution in [1.82, 2.24) is 10.2 Å². The largest absolute Gasteiger partial charge is 0.493 e. The average Bonchev–Trinajstić information content (AvgIpc) is 3.83. The zero-order valence-corrected chi connectivity index (χ0v) is 32.1. The van der Waals surface area contributed by atoms with Gasteiger partial charge in [0.1, 0.15) is 11.6 Å². The molecule has 2 aliphatic carbocycles. The first-order valence-electron chi connectivity index (χ1n) is 17.2. The first kappa shape index (κ1) is 39.2. The summed E-state index contributed by atoms with van der Waals surface area (Å²) in [6.07, 6.45) is 0.806. The Balaban J connectivity index is 0.000000190. The second-order valence-electron chi connectivity index (χ2n) is 12.7. The van der Waals surface area contributed by atoms with Crippen molar-refractivity contribution in [2.24, 2.45) is 5.92 Å². The molecule has 0 saturated carbocycles.